The van der Waals surface area contributed by atoms with Crippen molar-refractivity contribution in [3.63, 3.8) is 0 Å². The normalized spacial score (nSPS) is 23.6. The Hall–Kier alpha value is -1.17. The molecule has 1 heterocycles. The first-order chi connectivity index (χ1) is 8.19. The molecule has 0 aromatic carbocycles. The van der Waals surface area contributed by atoms with E-state index in [-0.39, 0.29) is 5.91 Å². The van der Waals surface area contributed by atoms with Gasteiger partial charge in [-0.15, -0.1) is 10.2 Å². The number of hydrogen-bond acceptors (Lipinski definition) is 5. The molecule has 2 unspecified atom stereocenters. The molecule has 6 heteroatoms. The van der Waals surface area contributed by atoms with Gasteiger partial charge in [0.1, 0.15) is 0 Å². The highest BCUT2D eigenvalue weighted by molar-refractivity contribution is 7.17. The number of anilines is 1. The molecule has 2 N–H and O–H groups in total. The molecule has 1 saturated carbocycles. The Balaban J connectivity index is 1.81. The van der Waals surface area contributed by atoms with E-state index in [9.17, 15) is 4.79 Å². The highest BCUT2D eigenvalue weighted by Crippen LogP contribution is 2.29. The van der Waals surface area contributed by atoms with E-state index in [0.29, 0.717) is 16.1 Å². The minimum atomic E-state index is -0.108. The van der Waals surface area contributed by atoms with Crippen LogP contribution in [-0.4, -0.2) is 29.7 Å². The molecule has 17 heavy (non-hydrogen) atoms. The smallest absolute Gasteiger partial charge is 0.282 e. The van der Waals surface area contributed by atoms with Gasteiger partial charge in [0.05, 0.1) is 0 Å². The Kier molecular flexibility index (Phi) is 3.93. The average Bonchev–Trinajstić information content (AvgIpc) is 2.94. The van der Waals surface area contributed by atoms with E-state index in [1.165, 1.54) is 30.6 Å². The second-order valence-corrected chi connectivity index (χ2v) is 5.63. The molecule has 5 nitrogen and oxygen atoms in total. The Morgan fingerprint density at radius 3 is 2.88 bits per heavy atom. The molecule has 1 aromatic rings. The second-order valence-electron chi connectivity index (χ2n) is 4.66. The lowest BCUT2D eigenvalue weighted by atomic mass is 10.1. The fourth-order valence-corrected chi connectivity index (χ4v) is 2.85. The predicted molar refractivity (Wildman–Crippen MR) is 68.3 cm³/mol. The molecular formula is C11H18N4OS. The lowest BCUT2D eigenvalue weighted by molar-refractivity contribution is 0.0946. The topological polar surface area (TPSA) is 66.9 Å². The second kappa shape index (κ2) is 5.44. The number of nitrogens with zero attached hydrogens (tertiary/aromatic N) is 2. The summed E-state index contributed by atoms with van der Waals surface area (Å²) in [5.41, 5.74) is 0. The first-order valence-electron chi connectivity index (χ1n) is 5.98. The van der Waals surface area contributed by atoms with Crippen LogP contribution in [0.1, 0.15) is 36.0 Å². The molecule has 2 rings (SSSR count). The van der Waals surface area contributed by atoms with Crippen molar-refractivity contribution in [3.05, 3.63) is 5.01 Å². The molecule has 0 spiro atoms. The summed E-state index contributed by atoms with van der Waals surface area (Å²) in [6.45, 7) is 3.03. The molecule has 0 radical (unpaired) electrons. The van der Waals surface area contributed by atoms with Crippen molar-refractivity contribution in [2.45, 2.75) is 26.2 Å². The van der Waals surface area contributed by atoms with Gasteiger partial charge in [-0.3, -0.25) is 4.79 Å². The Morgan fingerprint density at radius 2 is 2.29 bits per heavy atom. The van der Waals surface area contributed by atoms with Gasteiger partial charge in [0.2, 0.25) is 10.1 Å². The molecule has 0 bridgehead atoms. The van der Waals surface area contributed by atoms with Crippen molar-refractivity contribution in [3.8, 4) is 0 Å². The molecule has 94 valence electrons. The van der Waals surface area contributed by atoms with Crippen LogP contribution in [0.15, 0.2) is 0 Å². The van der Waals surface area contributed by atoms with Crippen molar-refractivity contribution in [1.82, 2.24) is 15.5 Å². The molecule has 0 aliphatic heterocycles. The largest absolute Gasteiger partial charge is 0.363 e. The first kappa shape index (κ1) is 12.3. The van der Waals surface area contributed by atoms with Gasteiger partial charge >= 0.3 is 0 Å². The molecular weight excluding hydrogens is 236 g/mol. The van der Waals surface area contributed by atoms with Crippen LogP contribution in [-0.2, 0) is 0 Å². The molecule has 1 fully saturated rings. The van der Waals surface area contributed by atoms with Gasteiger partial charge in [0.15, 0.2) is 0 Å². The zero-order valence-corrected chi connectivity index (χ0v) is 11.0. The van der Waals surface area contributed by atoms with E-state index >= 15 is 0 Å². The molecule has 1 aromatic heterocycles. The first-order valence-corrected chi connectivity index (χ1v) is 6.80. The summed E-state index contributed by atoms with van der Waals surface area (Å²) in [6.07, 6.45) is 3.72. The van der Waals surface area contributed by atoms with Crippen LogP contribution in [0.3, 0.4) is 0 Å². The van der Waals surface area contributed by atoms with Crippen molar-refractivity contribution in [1.29, 1.82) is 0 Å². The van der Waals surface area contributed by atoms with Crippen molar-refractivity contribution in [2.24, 2.45) is 11.8 Å². The van der Waals surface area contributed by atoms with Gasteiger partial charge in [0.25, 0.3) is 5.91 Å². The average molecular weight is 254 g/mol. The Morgan fingerprint density at radius 1 is 1.47 bits per heavy atom. The number of amides is 1. The molecule has 2 atom stereocenters. The molecule has 1 amide bonds. The van der Waals surface area contributed by atoms with Crippen LogP contribution < -0.4 is 10.6 Å². The van der Waals surface area contributed by atoms with Gasteiger partial charge < -0.3 is 10.6 Å². The molecule has 0 saturated heterocycles. The highest BCUT2D eigenvalue weighted by atomic mass is 32.1. The number of aromatic nitrogens is 2. The summed E-state index contributed by atoms with van der Waals surface area (Å²) in [5, 5.41) is 14.6. The van der Waals surface area contributed by atoms with Crippen LogP contribution in [0, 0.1) is 11.8 Å². The summed E-state index contributed by atoms with van der Waals surface area (Å²) in [6, 6.07) is 0. The highest BCUT2D eigenvalue weighted by Gasteiger charge is 2.22. The van der Waals surface area contributed by atoms with E-state index in [1.807, 2.05) is 0 Å². The quantitative estimate of drug-likeness (QED) is 0.859. The van der Waals surface area contributed by atoms with E-state index in [0.717, 1.165) is 12.5 Å². The maximum absolute atomic E-state index is 11.8. The zero-order valence-electron chi connectivity index (χ0n) is 10.2. The Labute approximate surface area is 105 Å². The van der Waals surface area contributed by atoms with E-state index < -0.39 is 0 Å². The summed E-state index contributed by atoms with van der Waals surface area (Å²) in [5.74, 6) is 1.32. The fraction of sp³-hybridized carbons (Fsp3) is 0.727. The maximum Gasteiger partial charge on any atom is 0.282 e. The van der Waals surface area contributed by atoms with Crippen molar-refractivity contribution >= 4 is 22.4 Å². The van der Waals surface area contributed by atoms with E-state index in [4.69, 9.17) is 0 Å². The monoisotopic (exact) mass is 254 g/mol. The van der Waals surface area contributed by atoms with Crippen LogP contribution in [0.4, 0.5) is 5.13 Å². The van der Waals surface area contributed by atoms with E-state index in [2.05, 4.69) is 27.8 Å². The number of rotatable bonds is 4. The van der Waals surface area contributed by atoms with Gasteiger partial charge in [-0.25, -0.2) is 0 Å². The standard InChI is InChI=1S/C11H18N4OS/c1-7-3-4-8(5-7)6-13-9(16)10-14-15-11(12-2)17-10/h7-8H,3-6H2,1-2H3,(H,12,15)(H,13,16). The van der Waals surface area contributed by atoms with Crippen LogP contribution in [0.25, 0.3) is 0 Å². The third-order valence-corrected chi connectivity index (χ3v) is 4.13. The van der Waals surface area contributed by atoms with Crippen LogP contribution in [0.2, 0.25) is 0 Å². The van der Waals surface area contributed by atoms with Crippen molar-refractivity contribution < 1.29 is 4.79 Å². The number of carbonyl (C=O) groups excluding carboxylic acids is 1. The zero-order chi connectivity index (χ0) is 12.3. The number of carbonyl (C=O) groups is 1. The van der Waals surface area contributed by atoms with Gasteiger partial charge in [0, 0.05) is 13.6 Å². The fourth-order valence-electron chi connectivity index (χ4n) is 2.24. The third kappa shape index (κ3) is 3.15. The Bertz CT molecular complexity index is 393. The van der Waals surface area contributed by atoms with Gasteiger partial charge in [-0.1, -0.05) is 24.7 Å². The van der Waals surface area contributed by atoms with E-state index in [1.54, 1.807) is 7.05 Å². The van der Waals surface area contributed by atoms with Crippen LogP contribution in [0.5, 0.6) is 0 Å². The minimum Gasteiger partial charge on any atom is -0.363 e. The van der Waals surface area contributed by atoms with Gasteiger partial charge in [-0.2, -0.15) is 0 Å². The number of hydrogen-bond donors (Lipinski definition) is 2. The SMILES string of the molecule is CNc1nnc(C(=O)NCC2CCC(C)C2)s1. The summed E-state index contributed by atoms with van der Waals surface area (Å²) < 4.78 is 0. The molecule has 1 aliphatic carbocycles. The van der Waals surface area contributed by atoms with Gasteiger partial charge in [-0.05, 0) is 24.7 Å². The van der Waals surface area contributed by atoms with Crippen molar-refractivity contribution in [2.75, 3.05) is 18.9 Å². The summed E-state index contributed by atoms with van der Waals surface area (Å²) in [7, 11) is 1.77. The lowest BCUT2D eigenvalue weighted by Gasteiger charge is -2.09. The summed E-state index contributed by atoms with van der Waals surface area (Å²) >= 11 is 1.28. The predicted octanol–water partition coefficient (Wildman–Crippen LogP) is 1.75. The summed E-state index contributed by atoms with van der Waals surface area (Å²) in [4.78, 5) is 11.8. The minimum absolute atomic E-state index is 0.108. The van der Waals surface area contributed by atoms with Crippen LogP contribution >= 0.6 is 11.3 Å². The molecule has 1 aliphatic rings. The lowest BCUT2D eigenvalue weighted by Crippen LogP contribution is -2.28. The number of nitrogens with one attached hydrogen (secondary N) is 2. The third-order valence-electron chi connectivity index (χ3n) is 3.19. The maximum atomic E-state index is 11.8.